The smallest absolute Gasteiger partial charge is 0.223 e. The Bertz CT molecular complexity index is 736. The van der Waals surface area contributed by atoms with E-state index < -0.39 is 0 Å². The summed E-state index contributed by atoms with van der Waals surface area (Å²) in [7, 11) is 1.72. The van der Waals surface area contributed by atoms with Crippen LogP contribution in [0.25, 0.3) is 11.3 Å². The molecule has 0 spiro atoms. The third-order valence-corrected chi connectivity index (χ3v) is 4.92. The van der Waals surface area contributed by atoms with Gasteiger partial charge in [-0.15, -0.1) is 0 Å². The van der Waals surface area contributed by atoms with Crippen molar-refractivity contribution in [2.24, 2.45) is 5.92 Å². The summed E-state index contributed by atoms with van der Waals surface area (Å²) in [6.07, 6.45) is 8.29. The van der Waals surface area contributed by atoms with E-state index in [0.717, 1.165) is 48.5 Å². The molecule has 0 aromatic carbocycles. The summed E-state index contributed by atoms with van der Waals surface area (Å²) in [5, 5.41) is 3.07. The maximum absolute atomic E-state index is 12.5. The van der Waals surface area contributed by atoms with Gasteiger partial charge in [0.15, 0.2) is 0 Å². The molecular formula is C20H26N4O2. The van der Waals surface area contributed by atoms with Crippen LogP contribution in [0.3, 0.4) is 0 Å². The quantitative estimate of drug-likeness (QED) is 0.863. The molecule has 2 aromatic rings. The van der Waals surface area contributed by atoms with E-state index in [1.165, 1.54) is 0 Å². The minimum absolute atomic E-state index is 0.0519. The van der Waals surface area contributed by atoms with E-state index in [0.29, 0.717) is 13.0 Å². The van der Waals surface area contributed by atoms with Crippen LogP contribution in [0, 0.1) is 12.8 Å². The monoisotopic (exact) mass is 354 g/mol. The summed E-state index contributed by atoms with van der Waals surface area (Å²) in [5.74, 6) is 0.897. The minimum atomic E-state index is 0.0519. The van der Waals surface area contributed by atoms with Crippen molar-refractivity contribution in [3.8, 4) is 11.3 Å². The topological polar surface area (TPSA) is 77.0 Å². The number of pyridine rings is 1. The Labute approximate surface area is 154 Å². The number of carbonyl (C=O) groups is 1. The molecule has 2 aromatic heterocycles. The average molecular weight is 354 g/mol. The lowest BCUT2D eigenvalue weighted by Crippen LogP contribution is -2.36. The third kappa shape index (κ3) is 4.64. The highest BCUT2D eigenvalue weighted by Crippen LogP contribution is 2.26. The van der Waals surface area contributed by atoms with Crippen molar-refractivity contribution >= 4 is 5.91 Å². The predicted molar refractivity (Wildman–Crippen MR) is 99.5 cm³/mol. The van der Waals surface area contributed by atoms with E-state index in [1.807, 2.05) is 31.3 Å². The fourth-order valence-corrected chi connectivity index (χ4v) is 3.49. The van der Waals surface area contributed by atoms with Gasteiger partial charge in [-0.05, 0) is 38.3 Å². The number of carbonyl (C=O) groups excluding carboxylic acids is 1. The van der Waals surface area contributed by atoms with Crippen LogP contribution in [0.2, 0.25) is 0 Å². The molecule has 1 saturated carbocycles. The van der Waals surface area contributed by atoms with Gasteiger partial charge in [0.1, 0.15) is 5.82 Å². The summed E-state index contributed by atoms with van der Waals surface area (Å²) in [6.45, 7) is 2.43. The molecule has 1 aliphatic rings. The highest BCUT2D eigenvalue weighted by molar-refractivity contribution is 5.78. The molecule has 6 nitrogen and oxygen atoms in total. The summed E-state index contributed by atoms with van der Waals surface area (Å²) < 4.78 is 5.42. The fourth-order valence-electron chi connectivity index (χ4n) is 3.49. The molecule has 0 radical (unpaired) electrons. The molecule has 0 aliphatic heterocycles. The van der Waals surface area contributed by atoms with Gasteiger partial charge in [-0.2, -0.15) is 0 Å². The largest absolute Gasteiger partial charge is 0.381 e. The molecular weight excluding hydrogens is 328 g/mol. The second kappa shape index (κ2) is 8.85. The Balaban J connectivity index is 1.61. The molecule has 6 heteroatoms. The van der Waals surface area contributed by atoms with Gasteiger partial charge in [-0.3, -0.25) is 9.78 Å². The Kier molecular flexibility index (Phi) is 6.28. The van der Waals surface area contributed by atoms with Crippen molar-refractivity contribution < 1.29 is 9.53 Å². The fraction of sp³-hybridized carbons (Fsp3) is 0.500. The Morgan fingerprint density at radius 2 is 2.19 bits per heavy atom. The molecule has 2 atom stereocenters. The van der Waals surface area contributed by atoms with Crippen LogP contribution in [0.5, 0.6) is 0 Å². The Morgan fingerprint density at radius 1 is 1.31 bits per heavy atom. The molecule has 3 rings (SSSR count). The van der Waals surface area contributed by atoms with Gasteiger partial charge in [-0.25, -0.2) is 9.97 Å². The number of methoxy groups -OCH3 is 1. The maximum atomic E-state index is 12.5. The number of hydrogen-bond donors (Lipinski definition) is 1. The first-order chi connectivity index (χ1) is 12.7. The zero-order chi connectivity index (χ0) is 18.4. The van der Waals surface area contributed by atoms with Crippen molar-refractivity contribution in [3.63, 3.8) is 0 Å². The number of hydrogen-bond acceptors (Lipinski definition) is 5. The van der Waals surface area contributed by atoms with Crippen molar-refractivity contribution in [1.29, 1.82) is 0 Å². The molecule has 1 fully saturated rings. The number of nitrogens with zero attached hydrogens (tertiary/aromatic N) is 3. The van der Waals surface area contributed by atoms with Crippen LogP contribution in [0.4, 0.5) is 0 Å². The van der Waals surface area contributed by atoms with Crippen molar-refractivity contribution in [1.82, 2.24) is 20.3 Å². The molecule has 138 valence electrons. The van der Waals surface area contributed by atoms with Crippen LogP contribution >= 0.6 is 0 Å². The zero-order valence-corrected chi connectivity index (χ0v) is 15.4. The van der Waals surface area contributed by atoms with Gasteiger partial charge in [0, 0.05) is 44.0 Å². The van der Waals surface area contributed by atoms with E-state index >= 15 is 0 Å². The lowest BCUT2D eigenvalue weighted by molar-refractivity contribution is -0.127. The molecule has 1 aliphatic carbocycles. The SMILES string of the molecule is COC1CCCC(C(=O)NCCc2nc(C)ncc2-c2ccccn2)C1. The highest BCUT2D eigenvalue weighted by atomic mass is 16.5. The van der Waals surface area contributed by atoms with E-state index in [9.17, 15) is 4.79 Å². The van der Waals surface area contributed by atoms with E-state index in [1.54, 1.807) is 13.3 Å². The summed E-state index contributed by atoms with van der Waals surface area (Å²) >= 11 is 0. The number of aromatic nitrogens is 3. The molecule has 26 heavy (non-hydrogen) atoms. The molecule has 0 saturated heterocycles. The van der Waals surface area contributed by atoms with E-state index in [-0.39, 0.29) is 17.9 Å². The van der Waals surface area contributed by atoms with Crippen LogP contribution in [-0.2, 0) is 16.0 Å². The lowest BCUT2D eigenvalue weighted by atomic mass is 9.86. The van der Waals surface area contributed by atoms with Gasteiger partial charge in [0.25, 0.3) is 0 Å². The molecule has 1 amide bonds. The van der Waals surface area contributed by atoms with Gasteiger partial charge in [0.2, 0.25) is 5.91 Å². The van der Waals surface area contributed by atoms with Crippen LogP contribution in [0.1, 0.15) is 37.2 Å². The summed E-state index contributed by atoms with van der Waals surface area (Å²) in [5.41, 5.74) is 2.68. The average Bonchev–Trinajstić information content (AvgIpc) is 2.69. The van der Waals surface area contributed by atoms with E-state index in [2.05, 4.69) is 20.3 Å². The van der Waals surface area contributed by atoms with Gasteiger partial charge in [0.05, 0.1) is 17.5 Å². The summed E-state index contributed by atoms with van der Waals surface area (Å²) in [4.78, 5) is 25.7. The van der Waals surface area contributed by atoms with E-state index in [4.69, 9.17) is 4.74 Å². The number of amides is 1. The first-order valence-corrected chi connectivity index (χ1v) is 9.22. The van der Waals surface area contributed by atoms with Gasteiger partial charge in [-0.1, -0.05) is 12.5 Å². The number of rotatable bonds is 6. The maximum Gasteiger partial charge on any atom is 0.223 e. The minimum Gasteiger partial charge on any atom is -0.381 e. The molecule has 2 unspecified atom stereocenters. The molecule has 1 N–H and O–H groups in total. The Hall–Kier alpha value is -2.34. The van der Waals surface area contributed by atoms with Crippen molar-refractivity contribution in [2.45, 2.75) is 45.1 Å². The second-order valence-electron chi connectivity index (χ2n) is 6.75. The molecule has 2 heterocycles. The third-order valence-electron chi connectivity index (χ3n) is 4.92. The van der Waals surface area contributed by atoms with Crippen LogP contribution < -0.4 is 5.32 Å². The predicted octanol–water partition coefficient (Wildman–Crippen LogP) is 2.71. The first kappa shape index (κ1) is 18.5. The number of aryl methyl sites for hydroxylation is 1. The van der Waals surface area contributed by atoms with Crippen molar-refractivity contribution in [3.05, 3.63) is 42.1 Å². The summed E-state index contributed by atoms with van der Waals surface area (Å²) in [6, 6.07) is 5.78. The Morgan fingerprint density at radius 3 is 2.96 bits per heavy atom. The number of ether oxygens (including phenoxy) is 1. The standard InChI is InChI=1S/C20H26N4O2/c1-14-23-13-17(18-8-3-4-10-21-18)19(24-14)9-11-22-20(25)15-6-5-7-16(12-15)26-2/h3-4,8,10,13,15-16H,5-7,9,11-12H2,1-2H3,(H,22,25). The normalized spacial score (nSPS) is 19.9. The second-order valence-corrected chi connectivity index (χ2v) is 6.75. The zero-order valence-electron chi connectivity index (χ0n) is 15.4. The first-order valence-electron chi connectivity index (χ1n) is 9.22. The van der Waals surface area contributed by atoms with Crippen LogP contribution in [0.15, 0.2) is 30.6 Å². The van der Waals surface area contributed by atoms with Crippen molar-refractivity contribution in [2.75, 3.05) is 13.7 Å². The lowest BCUT2D eigenvalue weighted by Gasteiger charge is -2.27. The number of nitrogens with one attached hydrogen (secondary N) is 1. The van der Waals surface area contributed by atoms with Gasteiger partial charge < -0.3 is 10.1 Å². The molecule has 0 bridgehead atoms. The van der Waals surface area contributed by atoms with Gasteiger partial charge >= 0.3 is 0 Å². The van der Waals surface area contributed by atoms with Crippen LogP contribution in [-0.4, -0.2) is 40.6 Å². The highest BCUT2D eigenvalue weighted by Gasteiger charge is 2.26.